The lowest BCUT2D eigenvalue weighted by Gasteiger charge is -2.34. The van der Waals surface area contributed by atoms with E-state index in [1.165, 1.54) is 0 Å². The Balaban J connectivity index is 1.31. The second kappa shape index (κ2) is 7.41. The maximum atomic E-state index is 12.3. The SMILES string of the molecule is O=C(c1cn[nH]c1)N1CCN(CCn2nc3c(cc2=O)CCCC3)CC1. The minimum Gasteiger partial charge on any atom is -0.336 e. The number of H-pyrrole nitrogens is 1. The van der Waals surface area contributed by atoms with Gasteiger partial charge in [-0.3, -0.25) is 19.6 Å². The van der Waals surface area contributed by atoms with Crippen molar-refractivity contribution in [2.45, 2.75) is 32.2 Å². The minimum absolute atomic E-state index is 0.000536. The van der Waals surface area contributed by atoms with E-state index in [1.807, 2.05) is 4.90 Å². The summed E-state index contributed by atoms with van der Waals surface area (Å²) >= 11 is 0. The first-order valence-electron chi connectivity index (χ1n) is 9.31. The number of aromatic amines is 1. The van der Waals surface area contributed by atoms with E-state index in [0.29, 0.717) is 25.2 Å². The quantitative estimate of drug-likeness (QED) is 0.852. The van der Waals surface area contributed by atoms with E-state index >= 15 is 0 Å². The van der Waals surface area contributed by atoms with Crippen LogP contribution >= 0.6 is 0 Å². The van der Waals surface area contributed by atoms with Gasteiger partial charge < -0.3 is 4.90 Å². The summed E-state index contributed by atoms with van der Waals surface area (Å²) in [6.45, 7) is 4.38. The molecule has 138 valence electrons. The van der Waals surface area contributed by atoms with Crippen molar-refractivity contribution in [3.05, 3.63) is 45.6 Å². The number of piperazine rings is 1. The molecule has 2 aromatic heterocycles. The predicted molar refractivity (Wildman–Crippen MR) is 96.1 cm³/mol. The van der Waals surface area contributed by atoms with E-state index in [4.69, 9.17) is 0 Å². The number of carbonyl (C=O) groups is 1. The van der Waals surface area contributed by atoms with Crippen LogP contribution in [0.25, 0.3) is 0 Å². The molecule has 1 N–H and O–H groups in total. The lowest BCUT2D eigenvalue weighted by atomic mass is 9.97. The van der Waals surface area contributed by atoms with Crippen LogP contribution in [0.3, 0.4) is 0 Å². The number of aromatic nitrogens is 4. The van der Waals surface area contributed by atoms with Crippen molar-refractivity contribution < 1.29 is 4.79 Å². The molecule has 2 aromatic rings. The van der Waals surface area contributed by atoms with Gasteiger partial charge in [0.25, 0.3) is 11.5 Å². The third-order valence-electron chi connectivity index (χ3n) is 5.31. The summed E-state index contributed by atoms with van der Waals surface area (Å²) in [7, 11) is 0. The van der Waals surface area contributed by atoms with E-state index in [0.717, 1.165) is 56.6 Å². The lowest BCUT2D eigenvalue weighted by molar-refractivity contribution is 0.0631. The highest BCUT2D eigenvalue weighted by Crippen LogP contribution is 2.16. The number of aryl methyl sites for hydroxylation is 2. The maximum Gasteiger partial charge on any atom is 0.267 e. The second-order valence-electron chi connectivity index (χ2n) is 7.01. The Hall–Kier alpha value is -2.48. The summed E-state index contributed by atoms with van der Waals surface area (Å²) in [5.41, 5.74) is 2.82. The smallest absolute Gasteiger partial charge is 0.267 e. The average Bonchev–Trinajstić information content (AvgIpc) is 3.21. The van der Waals surface area contributed by atoms with Crippen molar-refractivity contribution in [3.63, 3.8) is 0 Å². The maximum absolute atomic E-state index is 12.3. The first kappa shape index (κ1) is 17.0. The predicted octanol–water partition coefficient (Wildman–Crippen LogP) is 0.303. The molecule has 8 heteroatoms. The monoisotopic (exact) mass is 356 g/mol. The average molecular weight is 356 g/mol. The molecule has 2 aliphatic rings. The molecule has 0 bridgehead atoms. The molecule has 8 nitrogen and oxygen atoms in total. The summed E-state index contributed by atoms with van der Waals surface area (Å²) in [5, 5.41) is 11.1. The van der Waals surface area contributed by atoms with Crippen LogP contribution in [0.2, 0.25) is 0 Å². The van der Waals surface area contributed by atoms with Crippen molar-refractivity contribution in [1.82, 2.24) is 29.8 Å². The molecule has 0 saturated carbocycles. The van der Waals surface area contributed by atoms with Gasteiger partial charge in [-0.1, -0.05) is 0 Å². The Morgan fingerprint density at radius 3 is 2.69 bits per heavy atom. The minimum atomic E-state index is -0.000536. The molecule has 0 atom stereocenters. The fourth-order valence-corrected chi connectivity index (χ4v) is 3.72. The first-order valence-corrected chi connectivity index (χ1v) is 9.31. The van der Waals surface area contributed by atoms with Crippen LogP contribution in [0, 0.1) is 0 Å². The highest BCUT2D eigenvalue weighted by molar-refractivity contribution is 5.93. The number of hydrogen-bond donors (Lipinski definition) is 1. The summed E-state index contributed by atoms with van der Waals surface area (Å²) in [5.74, 6) is 0.0194. The Labute approximate surface area is 151 Å². The fraction of sp³-hybridized carbons (Fsp3) is 0.556. The molecule has 1 aliphatic heterocycles. The van der Waals surface area contributed by atoms with E-state index in [-0.39, 0.29) is 11.5 Å². The van der Waals surface area contributed by atoms with Gasteiger partial charge in [0.1, 0.15) is 0 Å². The molecule has 1 amide bonds. The van der Waals surface area contributed by atoms with Crippen LogP contribution in [0.4, 0.5) is 0 Å². The van der Waals surface area contributed by atoms with E-state index in [9.17, 15) is 9.59 Å². The Bertz CT molecular complexity index is 821. The van der Waals surface area contributed by atoms with Gasteiger partial charge in [0, 0.05) is 45.0 Å². The van der Waals surface area contributed by atoms with Crippen molar-refractivity contribution in [1.29, 1.82) is 0 Å². The second-order valence-corrected chi connectivity index (χ2v) is 7.01. The van der Waals surface area contributed by atoms with Crippen molar-refractivity contribution in [2.24, 2.45) is 0 Å². The zero-order valence-corrected chi connectivity index (χ0v) is 14.9. The molecule has 0 spiro atoms. The molecule has 0 aromatic carbocycles. The third kappa shape index (κ3) is 3.55. The molecular weight excluding hydrogens is 332 g/mol. The van der Waals surface area contributed by atoms with E-state index < -0.39 is 0 Å². The number of rotatable bonds is 4. The number of carbonyl (C=O) groups excluding carboxylic acids is 1. The molecular formula is C18H24N6O2. The number of fused-ring (bicyclic) bond motifs is 1. The van der Waals surface area contributed by atoms with Crippen LogP contribution < -0.4 is 5.56 Å². The van der Waals surface area contributed by atoms with E-state index in [1.54, 1.807) is 23.1 Å². The summed E-state index contributed by atoms with van der Waals surface area (Å²) in [6, 6.07) is 1.77. The number of amides is 1. The Morgan fingerprint density at radius 2 is 1.92 bits per heavy atom. The molecule has 1 fully saturated rings. The topological polar surface area (TPSA) is 87.1 Å². The highest BCUT2D eigenvalue weighted by atomic mass is 16.2. The van der Waals surface area contributed by atoms with Gasteiger partial charge in [-0.15, -0.1) is 0 Å². The van der Waals surface area contributed by atoms with Gasteiger partial charge in [0.2, 0.25) is 0 Å². The van der Waals surface area contributed by atoms with Crippen molar-refractivity contribution in [3.8, 4) is 0 Å². The Kier molecular flexibility index (Phi) is 4.83. The molecule has 26 heavy (non-hydrogen) atoms. The largest absolute Gasteiger partial charge is 0.336 e. The summed E-state index contributed by atoms with van der Waals surface area (Å²) in [6.07, 6.45) is 7.45. The molecule has 1 aliphatic carbocycles. The van der Waals surface area contributed by atoms with Crippen LogP contribution in [0.5, 0.6) is 0 Å². The standard InChI is InChI=1S/C18H24N6O2/c25-17-11-14-3-1-2-4-16(14)21-24(17)10-7-22-5-8-23(9-6-22)18(26)15-12-19-20-13-15/h11-13H,1-10H2,(H,19,20). The van der Waals surface area contributed by atoms with Gasteiger partial charge in [0.15, 0.2) is 0 Å². The fourth-order valence-electron chi connectivity index (χ4n) is 3.72. The van der Waals surface area contributed by atoms with Gasteiger partial charge in [-0.05, 0) is 31.2 Å². The molecule has 1 saturated heterocycles. The van der Waals surface area contributed by atoms with Crippen molar-refractivity contribution in [2.75, 3.05) is 32.7 Å². The number of nitrogens with one attached hydrogen (secondary N) is 1. The zero-order valence-electron chi connectivity index (χ0n) is 14.9. The molecule has 0 unspecified atom stereocenters. The lowest BCUT2D eigenvalue weighted by Crippen LogP contribution is -2.49. The summed E-state index contributed by atoms with van der Waals surface area (Å²) in [4.78, 5) is 28.7. The van der Waals surface area contributed by atoms with Gasteiger partial charge in [-0.2, -0.15) is 10.2 Å². The number of hydrogen-bond acceptors (Lipinski definition) is 5. The van der Waals surface area contributed by atoms with Gasteiger partial charge >= 0.3 is 0 Å². The van der Waals surface area contributed by atoms with Crippen molar-refractivity contribution >= 4 is 5.91 Å². The Morgan fingerprint density at radius 1 is 1.12 bits per heavy atom. The van der Waals surface area contributed by atoms with Crippen LogP contribution in [-0.2, 0) is 19.4 Å². The first-order chi connectivity index (χ1) is 12.7. The molecule has 4 rings (SSSR count). The third-order valence-corrected chi connectivity index (χ3v) is 5.31. The molecule has 3 heterocycles. The van der Waals surface area contributed by atoms with Gasteiger partial charge in [0.05, 0.1) is 24.0 Å². The van der Waals surface area contributed by atoms with Crippen LogP contribution in [-0.4, -0.2) is 68.4 Å². The highest BCUT2D eigenvalue weighted by Gasteiger charge is 2.22. The number of nitrogens with zero attached hydrogens (tertiary/aromatic N) is 5. The molecule has 0 radical (unpaired) electrons. The van der Waals surface area contributed by atoms with Gasteiger partial charge in [-0.25, -0.2) is 4.68 Å². The van der Waals surface area contributed by atoms with E-state index in [2.05, 4.69) is 20.2 Å². The zero-order chi connectivity index (χ0) is 17.9. The van der Waals surface area contributed by atoms with Crippen LogP contribution in [0.15, 0.2) is 23.3 Å². The summed E-state index contributed by atoms with van der Waals surface area (Å²) < 4.78 is 1.60. The normalized spacial score (nSPS) is 17.9. The van der Waals surface area contributed by atoms with Crippen LogP contribution in [0.1, 0.15) is 34.5 Å².